The highest BCUT2D eigenvalue weighted by atomic mass is 14.1. The minimum atomic E-state index is 1.28. The topological polar surface area (TPSA) is 0 Å². The molecule has 0 saturated carbocycles. The molecular formula is C58H110. The van der Waals surface area contributed by atoms with Gasteiger partial charge in [0.15, 0.2) is 0 Å². The van der Waals surface area contributed by atoms with E-state index in [1.54, 1.807) is 11.1 Å². The van der Waals surface area contributed by atoms with E-state index in [4.69, 9.17) is 0 Å². The van der Waals surface area contributed by atoms with Crippen molar-refractivity contribution in [2.24, 2.45) is 0 Å². The maximum atomic E-state index is 2.42. The van der Waals surface area contributed by atoms with Crippen LogP contribution in [0.25, 0.3) is 0 Å². The highest BCUT2D eigenvalue weighted by Gasteiger charge is 2.00. The minimum Gasteiger partial charge on any atom is -0.0654 e. The Hall–Kier alpha value is -0.780. The van der Waals surface area contributed by atoms with Crippen LogP contribution in [-0.2, 0) is 12.8 Å². The van der Waals surface area contributed by atoms with E-state index in [1.807, 2.05) is 0 Å². The highest BCUT2D eigenvalue weighted by Crippen LogP contribution is 2.19. The van der Waals surface area contributed by atoms with E-state index in [2.05, 4.69) is 38.1 Å². The van der Waals surface area contributed by atoms with Gasteiger partial charge in [0.2, 0.25) is 0 Å². The summed E-state index contributed by atoms with van der Waals surface area (Å²) < 4.78 is 0. The van der Waals surface area contributed by atoms with Crippen molar-refractivity contribution in [3.8, 4) is 0 Å². The third kappa shape index (κ3) is 43.3. The molecule has 0 atom stereocenters. The first-order chi connectivity index (χ1) is 28.9. The zero-order valence-electron chi connectivity index (χ0n) is 40.7. The fourth-order valence-electron chi connectivity index (χ4n) is 9.46. The van der Waals surface area contributed by atoms with Gasteiger partial charge in [-0.25, -0.2) is 0 Å². The predicted octanol–water partition coefficient (Wildman–Crippen LogP) is 21.5. The van der Waals surface area contributed by atoms with E-state index in [9.17, 15) is 0 Å². The molecule has 0 heteroatoms. The predicted molar refractivity (Wildman–Crippen MR) is 267 cm³/mol. The lowest BCUT2D eigenvalue weighted by atomic mass is 10.0. The molecule has 342 valence electrons. The SMILES string of the molecule is CCCCCCCCCCCCCCCCCCCCCCCCCCc1ccc(CCCCCCCCCCCCCCCCCCCCCCCCCC)cc1. The molecule has 0 aliphatic carbocycles. The van der Waals surface area contributed by atoms with Gasteiger partial charge >= 0.3 is 0 Å². The summed E-state index contributed by atoms with van der Waals surface area (Å²) in [7, 11) is 0. The molecule has 0 aliphatic heterocycles. The average molecular weight is 808 g/mol. The zero-order valence-corrected chi connectivity index (χ0v) is 40.7. The van der Waals surface area contributed by atoms with Crippen LogP contribution in [0.1, 0.15) is 333 Å². The molecule has 0 nitrogen and oxygen atoms in total. The van der Waals surface area contributed by atoms with Crippen molar-refractivity contribution < 1.29 is 0 Å². The van der Waals surface area contributed by atoms with E-state index in [0.29, 0.717) is 0 Å². The second-order valence-corrected chi connectivity index (χ2v) is 19.6. The van der Waals surface area contributed by atoms with Gasteiger partial charge in [0.05, 0.1) is 0 Å². The van der Waals surface area contributed by atoms with Gasteiger partial charge in [-0.1, -0.05) is 333 Å². The molecule has 0 radical (unpaired) electrons. The summed E-state index contributed by atoms with van der Waals surface area (Å²) in [6, 6.07) is 9.70. The lowest BCUT2D eigenvalue weighted by molar-refractivity contribution is 0.517. The molecule has 1 aromatic carbocycles. The van der Waals surface area contributed by atoms with E-state index in [1.165, 1.54) is 321 Å². The maximum absolute atomic E-state index is 2.42. The molecule has 0 spiro atoms. The molecule has 1 aromatic rings. The molecule has 0 amide bonds. The van der Waals surface area contributed by atoms with Crippen molar-refractivity contribution in [1.29, 1.82) is 0 Å². The Morgan fingerprint density at radius 3 is 0.431 bits per heavy atom. The van der Waals surface area contributed by atoms with Crippen LogP contribution >= 0.6 is 0 Å². The maximum Gasteiger partial charge on any atom is -0.0279 e. The van der Waals surface area contributed by atoms with E-state index < -0.39 is 0 Å². The normalized spacial score (nSPS) is 11.6. The standard InChI is InChI=1S/C58H110/c1-3-5-7-9-11-13-15-17-19-21-23-25-27-29-31-33-35-37-39-41-43-45-47-49-51-57-53-55-58(56-54-57)52-50-48-46-44-42-40-38-36-34-32-30-28-26-24-22-20-18-16-14-12-10-8-6-4-2/h53-56H,3-52H2,1-2H3. The summed E-state index contributed by atoms with van der Waals surface area (Å²) in [6.45, 7) is 4.62. The first-order valence-corrected chi connectivity index (χ1v) is 27.9. The monoisotopic (exact) mass is 807 g/mol. The molecule has 0 saturated heterocycles. The summed E-state index contributed by atoms with van der Waals surface area (Å²) in [5.74, 6) is 0. The number of aryl methyl sites for hydroxylation is 2. The van der Waals surface area contributed by atoms with Crippen molar-refractivity contribution in [3.05, 3.63) is 35.4 Å². The van der Waals surface area contributed by atoms with Gasteiger partial charge in [0.1, 0.15) is 0 Å². The van der Waals surface area contributed by atoms with Crippen LogP contribution < -0.4 is 0 Å². The fourth-order valence-corrected chi connectivity index (χ4v) is 9.46. The van der Waals surface area contributed by atoms with Gasteiger partial charge in [-0.2, -0.15) is 0 Å². The first kappa shape index (κ1) is 55.2. The first-order valence-electron chi connectivity index (χ1n) is 27.9. The number of benzene rings is 1. The summed E-state index contributed by atoms with van der Waals surface area (Å²) in [4.78, 5) is 0. The molecule has 1 rings (SSSR count). The highest BCUT2D eigenvalue weighted by molar-refractivity contribution is 5.22. The van der Waals surface area contributed by atoms with Gasteiger partial charge in [0, 0.05) is 0 Å². The van der Waals surface area contributed by atoms with E-state index in [-0.39, 0.29) is 0 Å². The molecule has 0 unspecified atom stereocenters. The van der Waals surface area contributed by atoms with Crippen LogP contribution in [0.15, 0.2) is 24.3 Å². The Labute approximate surface area is 368 Å². The summed E-state index contributed by atoms with van der Waals surface area (Å²) in [5.41, 5.74) is 3.12. The molecule has 0 N–H and O–H groups in total. The minimum absolute atomic E-state index is 1.28. The Kier molecular flexibility index (Phi) is 46.6. The van der Waals surface area contributed by atoms with Gasteiger partial charge in [-0.05, 0) is 36.8 Å². The summed E-state index contributed by atoms with van der Waals surface area (Å²) >= 11 is 0. The lowest BCUT2D eigenvalue weighted by Crippen LogP contribution is -1.90. The Bertz CT molecular complexity index is 780. The fraction of sp³-hybridized carbons (Fsp3) is 0.897. The van der Waals surface area contributed by atoms with Crippen LogP contribution in [0.2, 0.25) is 0 Å². The smallest absolute Gasteiger partial charge is 0.0279 e. The summed E-state index contributed by atoms with van der Waals surface area (Å²) in [6.07, 6.45) is 72.9. The zero-order chi connectivity index (χ0) is 41.3. The third-order valence-electron chi connectivity index (χ3n) is 13.7. The van der Waals surface area contributed by atoms with Crippen LogP contribution in [0.5, 0.6) is 0 Å². The average Bonchev–Trinajstić information content (AvgIpc) is 3.24. The van der Waals surface area contributed by atoms with Crippen LogP contribution in [0.4, 0.5) is 0 Å². The third-order valence-corrected chi connectivity index (χ3v) is 13.7. The van der Waals surface area contributed by atoms with Gasteiger partial charge in [-0.15, -0.1) is 0 Å². The van der Waals surface area contributed by atoms with Gasteiger partial charge < -0.3 is 0 Å². The molecule has 58 heavy (non-hydrogen) atoms. The molecular weight excluding hydrogens is 697 g/mol. The molecule has 0 aliphatic rings. The van der Waals surface area contributed by atoms with Crippen molar-refractivity contribution in [2.75, 3.05) is 0 Å². The molecule has 0 aromatic heterocycles. The van der Waals surface area contributed by atoms with Crippen LogP contribution in [-0.4, -0.2) is 0 Å². The lowest BCUT2D eigenvalue weighted by Gasteiger charge is -2.06. The van der Waals surface area contributed by atoms with Crippen LogP contribution in [0, 0.1) is 0 Å². The Morgan fingerprint density at radius 1 is 0.172 bits per heavy atom. The number of hydrogen-bond acceptors (Lipinski definition) is 0. The number of hydrogen-bond donors (Lipinski definition) is 0. The number of unbranched alkanes of at least 4 members (excludes halogenated alkanes) is 46. The molecule has 0 fully saturated rings. The number of rotatable bonds is 50. The van der Waals surface area contributed by atoms with E-state index in [0.717, 1.165) is 0 Å². The van der Waals surface area contributed by atoms with Gasteiger partial charge in [-0.3, -0.25) is 0 Å². The quantitative estimate of drug-likeness (QED) is 0.0575. The van der Waals surface area contributed by atoms with Gasteiger partial charge in [0.25, 0.3) is 0 Å². The molecule has 0 heterocycles. The van der Waals surface area contributed by atoms with Crippen molar-refractivity contribution in [3.63, 3.8) is 0 Å². The second kappa shape index (κ2) is 48.9. The summed E-state index contributed by atoms with van der Waals surface area (Å²) in [5, 5.41) is 0. The van der Waals surface area contributed by atoms with E-state index >= 15 is 0 Å². The van der Waals surface area contributed by atoms with Crippen molar-refractivity contribution in [2.45, 2.75) is 335 Å². The largest absolute Gasteiger partial charge is 0.0654 e. The van der Waals surface area contributed by atoms with Crippen molar-refractivity contribution in [1.82, 2.24) is 0 Å². The molecule has 0 bridgehead atoms. The van der Waals surface area contributed by atoms with Crippen molar-refractivity contribution >= 4 is 0 Å². The Morgan fingerprint density at radius 2 is 0.293 bits per heavy atom. The van der Waals surface area contributed by atoms with Crippen LogP contribution in [0.3, 0.4) is 0 Å². The Balaban J connectivity index is 1.74. The second-order valence-electron chi connectivity index (χ2n) is 19.6.